The first-order chi connectivity index (χ1) is 9.40. The highest BCUT2D eigenvalue weighted by Gasteiger charge is 2.27. The van der Waals surface area contributed by atoms with Crippen LogP contribution in [0.15, 0.2) is 65.7 Å². The van der Waals surface area contributed by atoms with Gasteiger partial charge in [0, 0.05) is 31.5 Å². The van der Waals surface area contributed by atoms with Gasteiger partial charge in [-0.2, -0.15) is 0 Å². The van der Waals surface area contributed by atoms with Crippen molar-refractivity contribution in [2.75, 3.05) is 29.9 Å². The Hall–Kier alpha value is -2.29. The smallest absolute Gasteiger partial charge is 0.205 e. The van der Waals surface area contributed by atoms with E-state index < -0.39 is 0 Å². The molecule has 1 aliphatic rings. The van der Waals surface area contributed by atoms with Crippen LogP contribution in [0.25, 0.3) is 0 Å². The van der Waals surface area contributed by atoms with Crippen molar-refractivity contribution in [1.29, 1.82) is 0 Å². The molecule has 0 amide bonds. The number of aliphatic imine (C=N–C) groups is 1. The summed E-state index contributed by atoms with van der Waals surface area (Å²) in [6.07, 6.45) is 0. The second-order valence-electron chi connectivity index (χ2n) is 4.50. The molecule has 0 aromatic heterocycles. The molecule has 1 aliphatic heterocycles. The van der Waals surface area contributed by atoms with E-state index in [9.17, 15) is 0 Å². The number of hydrogen-bond acceptors (Lipinski definition) is 1. The fourth-order valence-electron chi connectivity index (χ4n) is 2.49. The average molecular weight is 251 g/mol. The molecular formula is C16H17N3. The molecule has 2 aromatic rings. The number of guanidine groups is 1. The van der Waals surface area contributed by atoms with Gasteiger partial charge in [-0.15, -0.1) is 0 Å². The van der Waals surface area contributed by atoms with E-state index in [1.165, 1.54) is 11.4 Å². The van der Waals surface area contributed by atoms with Gasteiger partial charge >= 0.3 is 0 Å². The first kappa shape index (κ1) is 11.8. The van der Waals surface area contributed by atoms with Gasteiger partial charge in [0.1, 0.15) is 0 Å². The van der Waals surface area contributed by atoms with E-state index in [0.29, 0.717) is 0 Å². The third kappa shape index (κ3) is 2.19. The monoisotopic (exact) mass is 251 g/mol. The maximum absolute atomic E-state index is 4.47. The molecule has 2 aromatic carbocycles. The van der Waals surface area contributed by atoms with Gasteiger partial charge in [0.25, 0.3) is 0 Å². The van der Waals surface area contributed by atoms with Crippen LogP contribution in [-0.2, 0) is 0 Å². The summed E-state index contributed by atoms with van der Waals surface area (Å²) in [5.74, 6) is 1.01. The Balaban J connectivity index is 1.92. The molecule has 0 bridgehead atoms. The van der Waals surface area contributed by atoms with Crippen molar-refractivity contribution in [3.8, 4) is 0 Å². The third-order valence-electron chi connectivity index (χ3n) is 3.37. The van der Waals surface area contributed by atoms with Crippen molar-refractivity contribution in [3.63, 3.8) is 0 Å². The van der Waals surface area contributed by atoms with Crippen LogP contribution in [0.4, 0.5) is 11.4 Å². The molecular weight excluding hydrogens is 234 g/mol. The van der Waals surface area contributed by atoms with Crippen LogP contribution in [0.3, 0.4) is 0 Å². The summed E-state index contributed by atoms with van der Waals surface area (Å²) in [5.41, 5.74) is 2.39. The lowest BCUT2D eigenvalue weighted by Gasteiger charge is -2.23. The minimum Gasteiger partial charge on any atom is -0.310 e. The van der Waals surface area contributed by atoms with Gasteiger partial charge in [-0.05, 0) is 24.3 Å². The molecule has 96 valence electrons. The number of para-hydroxylation sites is 2. The summed E-state index contributed by atoms with van der Waals surface area (Å²) in [6.45, 7) is 1.93. The summed E-state index contributed by atoms with van der Waals surface area (Å²) in [6, 6.07) is 20.8. The average Bonchev–Trinajstić information content (AvgIpc) is 2.93. The number of anilines is 2. The molecule has 0 atom stereocenters. The Morgan fingerprint density at radius 2 is 1.16 bits per heavy atom. The van der Waals surface area contributed by atoms with E-state index in [4.69, 9.17) is 0 Å². The standard InChI is InChI=1S/C16H17N3/c1-17-16-18(14-8-4-2-5-9-14)12-13-19(16)15-10-6-3-7-11-15/h2-11H,12-13H2,1H3. The van der Waals surface area contributed by atoms with E-state index in [1.807, 2.05) is 19.2 Å². The normalized spacial score (nSPS) is 14.9. The maximum Gasteiger partial charge on any atom is 0.205 e. The zero-order chi connectivity index (χ0) is 13.1. The number of benzene rings is 2. The fraction of sp³-hybridized carbons (Fsp3) is 0.188. The first-order valence-electron chi connectivity index (χ1n) is 6.52. The van der Waals surface area contributed by atoms with Gasteiger partial charge < -0.3 is 9.80 Å². The highest BCUT2D eigenvalue weighted by molar-refractivity contribution is 6.09. The van der Waals surface area contributed by atoms with E-state index >= 15 is 0 Å². The highest BCUT2D eigenvalue weighted by Crippen LogP contribution is 2.24. The third-order valence-corrected chi connectivity index (χ3v) is 3.37. The Bertz CT molecular complexity index is 514. The summed E-state index contributed by atoms with van der Waals surface area (Å²) in [7, 11) is 1.85. The van der Waals surface area contributed by atoms with Gasteiger partial charge in [-0.25, -0.2) is 0 Å². The minimum atomic E-state index is 0.964. The lowest BCUT2D eigenvalue weighted by atomic mass is 10.3. The van der Waals surface area contributed by atoms with Crippen molar-refractivity contribution in [2.24, 2.45) is 4.99 Å². The Morgan fingerprint density at radius 1 is 0.737 bits per heavy atom. The topological polar surface area (TPSA) is 18.8 Å². The summed E-state index contributed by atoms with van der Waals surface area (Å²) in [4.78, 5) is 8.99. The number of hydrogen-bond donors (Lipinski definition) is 0. The maximum atomic E-state index is 4.47. The first-order valence-corrected chi connectivity index (χ1v) is 6.52. The molecule has 1 heterocycles. The van der Waals surface area contributed by atoms with Gasteiger partial charge in [0.2, 0.25) is 5.96 Å². The van der Waals surface area contributed by atoms with E-state index in [1.54, 1.807) is 0 Å². The molecule has 3 rings (SSSR count). The van der Waals surface area contributed by atoms with Crippen LogP contribution in [0, 0.1) is 0 Å². The minimum absolute atomic E-state index is 0.964. The van der Waals surface area contributed by atoms with Crippen molar-refractivity contribution in [2.45, 2.75) is 0 Å². The van der Waals surface area contributed by atoms with E-state index in [2.05, 4.69) is 63.3 Å². The van der Waals surface area contributed by atoms with Crippen LogP contribution in [0.5, 0.6) is 0 Å². The van der Waals surface area contributed by atoms with Gasteiger partial charge in [-0.1, -0.05) is 36.4 Å². The molecule has 0 spiro atoms. The molecule has 0 unspecified atom stereocenters. The molecule has 0 N–H and O–H groups in total. The van der Waals surface area contributed by atoms with Crippen molar-refractivity contribution in [1.82, 2.24) is 0 Å². The van der Waals surface area contributed by atoms with Crippen molar-refractivity contribution < 1.29 is 0 Å². The van der Waals surface area contributed by atoms with E-state index in [-0.39, 0.29) is 0 Å². The highest BCUT2D eigenvalue weighted by atomic mass is 15.4. The zero-order valence-electron chi connectivity index (χ0n) is 11.0. The van der Waals surface area contributed by atoms with Crippen LogP contribution in [0.2, 0.25) is 0 Å². The van der Waals surface area contributed by atoms with Crippen molar-refractivity contribution in [3.05, 3.63) is 60.7 Å². The Kier molecular flexibility index (Phi) is 3.19. The second-order valence-corrected chi connectivity index (χ2v) is 4.50. The molecule has 0 saturated carbocycles. The number of nitrogens with zero attached hydrogens (tertiary/aromatic N) is 3. The SMILES string of the molecule is CN=C1N(c2ccccc2)CCN1c1ccccc1. The lowest BCUT2D eigenvalue weighted by Crippen LogP contribution is -2.33. The van der Waals surface area contributed by atoms with Gasteiger partial charge in [0.05, 0.1) is 0 Å². The van der Waals surface area contributed by atoms with E-state index in [0.717, 1.165) is 19.0 Å². The molecule has 3 heteroatoms. The molecule has 0 radical (unpaired) electrons. The Morgan fingerprint density at radius 3 is 1.53 bits per heavy atom. The largest absolute Gasteiger partial charge is 0.310 e. The fourth-order valence-corrected chi connectivity index (χ4v) is 2.49. The second kappa shape index (κ2) is 5.14. The molecule has 19 heavy (non-hydrogen) atoms. The van der Waals surface area contributed by atoms with Crippen LogP contribution >= 0.6 is 0 Å². The molecule has 1 fully saturated rings. The summed E-state index contributed by atoms with van der Waals surface area (Å²) >= 11 is 0. The van der Waals surface area contributed by atoms with Gasteiger partial charge in [0.15, 0.2) is 0 Å². The Labute approximate surface area is 113 Å². The molecule has 0 aliphatic carbocycles. The van der Waals surface area contributed by atoms with Crippen LogP contribution in [0.1, 0.15) is 0 Å². The molecule has 1 saturated heterocycles. The predicted octanol–water partition coefficient (Wildman–Crippen LogP) is 3.00. The van der Waals surface area contributed by atoms with Crippen LogP contribution < -0.4 is 9.80 Å². The van der Waals surface area contributed by atoms with Crippen molar-refractivity contribution >= 4 is 17.3 Å². The van der Waals surface area contributed by atoms with Gasteiger partial charge in [-0.3, -0.25) is 4.99 Å². The predicted molar refractivity (Wildman–Crippen MR) is 80.9 cm³/mol. The quantitative estimate of drug-likeness (QED) is 0.817. The summed E-state index contributed by atoms with van der Waals surface area (Å²) < 4.78 is 0. The summed E-state index contributed by atoms with van der Waals surface area (Å²) in [5, 5.41) is 0. The lowest BCUT2D eigenvalue weighted by molar-refractivity contribution is 1.02. The zero-order valence-corrected chi connectivity index (χ0v) is 11.0. The molecule has 3 nitrogen and oxygen atoms in total. The number of rotatable bonds is 2. The van der Waals surface area contributed by atoms with Crippen LogP contribution in [-0.4, -0.2) is 26.1 Å².